The Bertz CT molecular complexity index is 449. The maximum atomic E-state index is 11.6. The van der Waals surface area contributed by atoms with E-state index in [0.717, 1.165) is 6.54 Å². The number of carboxylic acids is 1. The summed E-state index contributed by atoms with van der Waals surface area (Å²) in [5.41, 5.74) is 0.395. The van der Waals surface area contributed by atoms with E-state index < -0.39 is 5.97 Å². The van der Waals surface area contributed by atoms with Crippen LogP contribution in [-0.4, -0.2) is 30.6 Å². The van der Waals surface area contributed by atoms with Crippen molar-refractivity contribution in [3.05, 3.63) is 28.2 Å². The lowest BCUT2D eigenvalue weighted by atomic mass is 10.1. The van der Waals surface area contributed by atoms with Gasteiger partial charge in [-0.15, -0.1) is 0 Å². The van der Waals surface area contributed by atoms with Crippen molar-refractivity contribution in [2.75, 3.05) is 18.9 Å². The zero-order valence-electron chi connectivity index (χ0n) is 10.00. The topological polar surface area (TPSA) is 78.4 Å². The predicted molar refractivity (Wildman–Crippen MR) is 72.9 cm³/mol. The Morgan fingerprint density at radius 1 is 1.39 bits per heavy atom. The molecule has 98 valence electrons. The molecule has 0 aliphatic heterocycles. The van der Waals surface area contributed by atoms with E-state index >= 15 is 0 Å². The number of carboxylic acid groups (broad SMARTS) is 1. The highest BCUT2D eigenvalue weighted by molar-refractivity contribution is 9.10. The first-order valence-corrected chi connectivity index (χ1v) is 6.31. The molecule has 18 heavy (non-hydrogen) atoms. The summed E-state index contributed by atoms with van der Waals surface area (Å²) in [7, 11) is 1.81. The molecular formula is C12H15BrN2O3. The number of halogens is 1. The van der Waals surface area contributed by atoms with Gasteiger partial charge >= 0.3 is 5.97 Å². The number of aromatic carboxylic acids is 1. The molecule has 0 fully saturated rings. The second kappa shape index (κ2) is 7.13. The van der Waals surface area contributed by atoms with Gasteiger partial charge in [0.2, 0.25) is 5.91 Å². The van der Waals surface area contributed by atoms with Crippen molar-refractivity contribution in [2.24, 2.45) is 0 Å². The number of carbonyl (C=O) groups is 2. The van der Waals surface area contributed by atoms with Crippen LogP contribution in [0.15, 0.2) is 22.7 Å². The van der Waals surface area contributed by atoms with Crippen molar-refractivity contribution < 1.29 is 14.7 Å². The molecule has 5 nitrogen and oxygen atoms in total. The summed E-state index contributed by atoms with van der Waals surface area (Å²) < 4.78 is 0.660. The van der Waals surface area contributed by atoms with Crippen LogP contribution in [0.25, 0.3) is 0 Å². The first kappa shape index (κ1) is 14.7. The highest BCUT2D eigenvalue weighted by Gasteiger charge is 2.12. The normalized spacial score (nSPS) is 10.1. The average molecular weight is 315 g/mol. The molecule has 0 unspecified atom stereocenters. The average Bonchev–Trinajstić information content (AvgIpc) is 2.31. The van der Waals surface area contributed by atoms with Crippen LogP contribution in [0.1, 0.15) is 23.2 Å². The zero-order chi connectivity index (χ0) is 13.5. The van der Waals surface area contributed by atoms with E-state index in [1.807, 2.05) is 7.05 Å². The smallest absolute Gasteiger partial charge is 0.337 e. The van der Waals surface area contributed by atoms with Gasteiger partial charge in [-0.05, 0) is 38.2 Å². The van der Waals surface area contributed by atoms with E-state index in [9.17, 15) is 9.59 Å². The van der Waals surface area contributed by atoms with E-state index in [2.05, 4.69) is 26.6 Å². The Labute approximate surface area is 114 Å². The van der Waals surface area contributed by atoms with Crippen molar-refractivity contribution in [3.63, 3.8) is 0 Å². The molecule has 0 aromatic heterocycles. The van der Waals surface area contributed by atoms with Gasteiger partial charge in [0.15, 0.2) is 0 Å². The number of hydrogen-bond acceptors (Lipinski definition) is 3. The third-order valence-electron chi connectivity index (χ3n) is 2.32. The molecule has 0 atom stereocenters. The van der Waals surface area contributed by atoms with Crippen molar-refractivity contribution in [3.8, 4) is 0 Å². The lowest BCUT2D eigenvalue weighted by Gasteiger charge is -2.08. The summed E-state index contributed by atoms with van der Waals surface area (Å²) in [6.07, 6.45) is 1.07. The minimum atomic E-state index is -1.07. The lowest BCUT2D eigenvalue weighted by molar-refractivity contribution is -0.116. The summed E-state index contributed by atoms with van der Waals surface area (Å²) in [5, 5.41) is 14.6. The highest BCUT2D eigenvalue weighted by atomic mass is 79.9. The lowest BCUT2D eigenvalue weighted by Crippen LogP contribution is -2.17. The Morgan fingerprint density at radius 3 is 2.72 bits per heavy atom. The number of amides is 1. The molecule has 0 radical (unpaired) electrons. The largest absolute Gasteiger partial charge is 0.478 e. The number of carbonyl (C=O) groups excluding carboxylic acids is 1. The fourth-order valence-electron chi connectivity index (χ4n) is 1.44. The first-order valence-electron chi connectivity index (χ1n) is 5.52. The third-order valence-corrected chi connectivity index (χ3v) is 2.81. The van der Waals surface area contributed by atoms with Crippen LogP contribution in [0, 0.1) is 0 Å². The monoisotopic (exact) mass is 314 g/mol. The summed E-state index contributed by atoms with van der Waals surface area (Å²) >= 11 is 3.20. The maximum Gasteiger partial charge on any atom is 0.337 e. The standard InChI is InChI=1S/C12H15BrN2O3/c1-14-6-2-3-11(16)15-10-5-4-8(13)7-9(10)12(17)18/h4-5,7,14H,2-3,6H2,1H3,(H,15,16)(H,17,18). The Hall–Kier alpha value is -1.40. The molecule has 1 aromatic rings. The highest BCUT2D eigenvalue weighted by Crippen LogP contribution is 2.21. The van der Waals surface area contributed by atoms with Crippen LogP contribution in [0.2, 0.25) is 0 Å². The molecule has 6 heteroatoms. The van der Waals surface area contributed by atoms with Crippen molar-refractivity contribution in [1.29, 1.82) is 0 Å². The SMILES string of the molecule is CNCCCC(=O)Nc1ccc(Br)cc1C(=O)O. The van der Waals surface area contributed by atoms with E-state index in [1.165, 1.54) is 6.07 Å². The second-order valence-corrected chi connectivity index (χ2v) is 4.67. The molecule has 1 amide bonds. The van der Waals surface area contributed by atoms with Gasteiger partial charge in [0.1, 0.15) is 0 Å². The third kappa shape index (κ3) is 4.46. The molecule has 1 rings (SSSR count). The van der Waals surface area contributed by atoms with Gasteiger partial charge in [-0.2, -0.15) is 0 Å². The van der Waals surface area contributed by atoms with Crippen LogP contribution < -0.4 is 10.6 Å². The quantitative estimate of drug-likeness (QED) is 0.702. The van der Waals surface area contributed by atoms with Crippen LogP contribution in [0.4, 0.5) is 5.69 Å². The minimum absolute atomic E-state index is 0.0753. The molecule has 0 aliphatic carbocycles. The van der Waals surface area contributed by atoms with E-state index in [0.29, 0.717) is 23.0 Å². The summed E-state index contributed by atoms with van der Waals surface area (Å²) in [6.45, 7) is 0.750. The van der Waals surface area contributed by atoms with Crippen molar-refractivity contribution in [1.82, 2.24) is 5.32 Å². The Kier molecular flexibility index (Phi) is 5.80. The molecule has 3 N–H and O–H groups in total. The van der Waals surface area contributed by atoms with Crippen LogP contribution in [0.5, 0.6) is 0 Å². The van der Waals surface area contributed by atoms with E-state index in [-0.39, 0.29) is 11.5 Å². The molecular weight excluding hydrogens is 300 g/mol. The van der Waals surface area contributed by atoms with Gasteiger partial charge in [-0.1, -0.05) is 15.9 Å². The Balaban J connectivity index is 2.72. The van der Waals surface area contributed by atoms with Crippen LogP contribution in [-0.2, 0) is 4.79 Å². The molecule has 0 saturated heterocycles. The summed E-state index contributed by atoms with van der Waals surface area (Å²) in [5.74, 6) is -1.25. The van der Waals surface area contributed by atoms with Crippen LogP contribution >= 0.6 is 15.9 Å². The minimum Gasteiger partial charge on any atom is -0.478 e. The van der Waals surface area contributed by atoms with Gasteiger partial charge in [0, 0.05) is 10.9 Å². The molecule has 1 aromatic carbocycles. The Morgan fingerprint density at radius 2 is 2.11 bits per heavy atom. The first-order chi connectivity index (χ1) is 8.54. The van der Waals surface area contributed by atoms with Gasteiger partial charge in [-0.25, -0.2) is 4.79 Å². The van der Waals surface area contributed by atoms with E-state index in [1.54, 1.807) is 12.1 Å². The number of rotatable bonds is 6. The molecule has 0 bridgehead atoms. The fourth-order valence-corrected chi connectivity index (χ4v) is 1.80. The molecule has 0 saturated carbocycles. The van der Waals surface area contributed by atoms with Gasteiger partial charge < -0.3 is 15.7 Å². The molecule has 0 spiro atoms. The number of benzene rings is 1. The van der Waals surface area contributed by atoms with E-state index in [4.69, 9.17) is 5.11 Å². The van der Waals surface area contributed by atoms with Gasteiger partial charge in [0.05, 0.1) is 11.3 Å². The van der Waals surface area contributed by atoms with Crippen molar-refractivity contribution >= 4 is 33.5 Å². The zero-order valence-corrected chi connectivity index (χ0v) is 11.6. The maximum absolute atomic E-state index is 11.6. The predicted octanol–water partition coefficient (Wildman–Crippen LogP) is 2.09. The number of anilines is 1. The van der Waals surface area contributed by atoms with Gasteiger partial charge in [-0.3, -0.25) is 4.79 Å². The van der Waals surface area contributed by atoms with Crippen LogP contribution in [0.3, 0.4) is 0 Å². The second-order valence-electron chi connectivity index (χ2n) is 3.75. The van der Waals surface area contributed by atoms with Gasteiger partial charge in [0.25, 0.3) is 0 Å². The fraction of sp³-hybridized carbons (Fsp3) is 0.333. The number of nitrogens with one attached hydrogen (secondary N) is 2. The molecule has 0 heterocycles. The number of hydrogen-bond donors (Lipinski definition) is 3. The van der Waals surface area contributed by atoms with Crippen molar-refractivity contribution in [2.45, 2.75) is 12.8 Å². The molecule has 0 aliphatic rings. The summed E-state index contributed by atoms with van der Waals surface area (Å²) in [6, 6.07) is 4.73. The summed E-state index contributed by atoms with van der Waals surface area (Å²) in [4.78, 5) is 22.6.